The fourth-order valence-electron chi connectivity index (χ4n) is 4.99. The first-order valence-corrected chi connectivity index (χ1v) is 14.5. The highest BCUT2D eigenvalue weighted by molar-refractivity contribution is 7.93. The van der Waals surface area contributed by atoms with Crippen LogP contribution in [0.15, 0.2) is 53.4 Å². The van der Waals surface area contributed by atoms with Crippen molar-refractivity contribution in [3.8, 4) is 17.3 Å². The summed E-state index contributed by atoms with van der Waals surface area (Å²) in [6, 6.07) is 17.8. The Hall–Kier alpha value is -3.28. The minimum Gasteiger partial charge on any atom is -0.388 e. The van der Waals surface area contributed by atoms with Gasteiger partial charge in [-0.1, -0.05) is 18.2 Å². The number of nitrogens with one attached hydrogen (secondary N) is 1. The van der Waals surface area contributed by atoms with Gasteiger partial charge in [0.2, 0.25) is 0 Å². The summed E-state index contributed by atoms with van der Waals surface area (Å²) in [6.45, 7) is 2.54. The average molecular weight is 569 g/mol. The molecule has 5 rings (SSSR count). The molecule has 2 fully saturated rings. The fraction of sp³-hybridized carbons (Fsp3) is 0.393. The van der Waals surface area contributed by atoms with Crippen molar-refractivity contribution in [1.82, 2.24) is 9.29 Å². The summed E-state index contributed by atoms with van der Waals surface area (Å²) in [5.74, 6) is 0. The quantitative estimate of drug-likeness (QED) is 0.305. The Labute approximate surface area is 232 Å². The maximum atomic E-state index is 12.9. The molecule has 0 unspecified atom stereocenters. The minimum atomic E-state index is -4.25. The van der Waals surface area contributed by atoms with Gasteiger partial charge in [-0.3, -0.25) is 0 Å². The number of hydrogen-bond acceptors (Lipinski definition) is 9. The lowest BCUT2D eigenvalue weighted by atomic mass is 10.0. The molecule has 0 radical (unpaired) electrons. The number of nitrogens with zero attached hydrogens (tertiary/aromatic N) is 3. The van der Waals surface area contributed by atoms with E-state index in [4.69, 9.17) is 9.47 Å². The van der Waals surface area contributed by atoms with Crippen LogP contribution in [-0.4, -0.2) is 92.2 Å². The number of sulfonamides is 1. The van der Waals surface area contributed by atoms with Crippen LogP contribution < -0.4 is 9.62 Å². The zero-order valence-electron chi connectivity index (χ0n) is 22.0. The van der Waals surface area contributed by atoms with Gasteiger partial charge in [-0.2, -0.15) is 5.26 Å². The second-order valence-corrected chi connectivity index (χ2v) is 11.7. The maximum absolute atomic E-state index is 12.9. The molecule has 3 aromatic rings. The molecule has 3 heterocycles. The number of nitriles is 1. The van der Waals surface area contributed by atoms with E-state index in [2.05, 4.69) is 40.0 Å². The van der Waals surface area contributed by atoms with Gasteiger partial charge in [0.15, 0.2) is 4.91 Å². The van der Waals surface area contributed by atoms with Gasteiger partial charge in [-0.15, -0.1) is 0 Å². The van der Waals surface area contributed by atoms with Crippen molar-refractivity contribution in [3.05, 3.63) is 59.1 Å². The van der Waals surface area contributed by atoms with Crippen LogP contribution >= 0.6 is 0 Å². The molecule has 0 spiro atoms. The SMILES string of the molecule is Cn1c(/C=C(\C#N)S(=O)(=O)NC[C@H]2OC[C@H](O)[C@@H](O)[C@@H]2O)ccc1-c1ccc2cc(N3CCOCC3)ccc2c1. The second-order valence-electron chi connectivity index (χ2n) is 9.94. The summed E-state index contributed by atoms with van der Waals surface area (Å²) in [6.07, 6.45) is -4.01. The van der Waals surface area contributed by atoms with E-state index in [1.807, 2.05) is 16.7 Å². The lowest BCUT2D eigenvalue weighted by molar-refractivity contribution is -0.184. The van der Waals surface area contributed by atoms with E-state index in [9.17, 15) is 29.0 Å². The van der Waals surface area contributed by atoms with Gasteiger partial charge in [0.25, 0.3) is 10.0 Å². The fourth-order valence-corrected chi connectivity index (χ4v) is 5.93. The van der Waals surface area contributed by atoms with Gasteiger partial charge in [-0.25, -0.2) is 13.1 Å². The van der Waals surface area contributed by atoms with Gasteiger partial charge in [0.1, 0.15) is 24.4 Å². The van der Waals surface area contributed by atoms with Crippen molar-refractivity contribution in [2.75, 3.05) is 44.4 Å². The molecular formula is C28H32N4O7S. The van der Waals surface area contributed by atoms with Crippen LogP contribution in [0.25, 0.3) is 28.1 Å². The Balaban J connectivity index is 1.33. The number of aliphatic hydroxyl groups is 3. The molecule has 0 saturated carbocycles. The van der Waals surface area contributed by atoms with Crippen molar-refractivity contribution in [2.24, 2.45) is 7.05 Å². The van der Waals surface area contributed by atoms with E-state index in [1.165, 1.54) is 6.08 Å². The van der Waals surface area contributed by atoms with Gasteiger partial charge in [-0.05, 0) is 52.7 Å². The summed E-state index contributed by atoms with van der Waals surface area (Å²) < 4.78 is 40.5. The third kappa shape index (κ3) is 5.77. The van der Waals surface area contributed by atoms with Gasteiger partial charge < -0.3 is 34.3 Å². The first-order chi connectivity index (χ1) is 19.2. The Morgan fingerprint density at radius 3 is 2.55 bits per heavy atom. The summed E-state index contributed by atoms with van der Waals surface area (Å²) in [7, 11) is -2.46. The summed E-state index contributed by atoms with van der Waals surface area (Å²) in [4.78, 5) is 1.79. The van der Waals surface area contributed by atoms with E-state index in [1.54, 1.807) is 19.2 Å². The molecular weight excluding hydrogens is 536 g/mol. The number of aliphatic hydroxyl groups excluding tert-OH is 3. The van der Waals surface area contributed by atoms with E-state index in [0.29, 0.717) is 5.69 Å². The zero-order chi connectivity index (χ0) is 28.4. The second kappa shape index (κ2) is 11.7. The number of morpholine rings is 1. The standard InChI is InChI=1S/C28H32N4O7S/c1-31-21(14-23(15-29)40(36,37)30-16-26-28(35)27(34)25(33)17-39-26)6-7-24(31)20-3-2-19-13-22(5-4-18(19)12-20)32-8-10-38-11-9-32/h2-7,12-14,25-28,30,33-35H,8-11,16-17H2,1H3/b23-14+/t25-,26+,27+,28+/m0/s1. The van der Waals surface area contributed by atoms with Crippen molar-refractivity contribution in [2.45, 2.75) is 24.4 Å². The molecule has 212 valence electrons. The van der Waals surface area contributed by atoms with Gasteiger partial charge >= 0.3 is 0 Å². The number of benzene rings is 2. The molecule has 4 N–H and O–H groups in total. The highest BCUT2D eigenvalue weighted by Gasteiger charge is 2.38. The topological polar surface area (TPSA) is 157 Å². The van der Waals surface area contributed by atoms with E-state index < -0.39 is 39.3 Å². The van der Waals surface area contributed by atoms with Crippen molar-refractivity contribution in [3.63, 3.8) is 0 Å². The normalized spacial score (nSPS) is 24.3. The molecule has 40 heavy (non-hydrogen) atoms. The zero-order valence-corrected chi connectivity index (χ0v) is 22.8. The van der Waals surface area contributed by atoms with Crippen LogP contribution in [0.1, 0.15) is 5.69 Å². The summed E-state index contributed by atoms with van der Waals surface area (Å²) >= 11 is 0. The number of allylic oxidation sites excluding steroid dienone is 1. The molecule has 0 aliphatic carbocycles. The highest BCUT2D eigenvalue weighted by Crippen LogP contribution is 2.29. The maximum Gasteiger partial charge on any atom is 0.250 e. The Kier molecular flexibility index (Phi) is 8.25. The number of hydrogen-bond donors (Lipinski definition) is 4. The summed E-state index contributed by atoms with van der Waals surface area (Å²) in [5, 5.41) is 41.3. The lowest BCUT2D eigenvalue weighted by Crippen LogP contribution is -2.56. The molecule has 4 atom stereocenters. The van der Waals surface area contributed by atoms with Crippen molar-refractivity contribution < 1.29 is 33.2 Å². The lowest BCUT2D eigenvalue weighted by Gasteiger charge is -2.35. The third-order valence-electron chi connectivity index (χ3n) is 7.42. The monoisotopic (exact) mass is 568 g/mol. The first kappa shape index (κ1) is 28.3. The molecule has 1 aromatic heterocycles. The van der Waals surface area contributed by atoms with Crippen LogP contribution in [0.3, 0.4) is 0 Å². The van der Waals surface area contributed by atoms with Crippen LogP contribution in [0.5, 0.6) is 0 Å². The molecule has 0 bridgehead atoms. The number of anilines is 1. The highest BCUT2D eigenvalue weighted by atomic mass is 32.2. The van der Waals surface area contributed by atoms with Gasteiger partial charge in [0.05, 0.1) is 25.9 Å². The molecule has 12 heteroatoms. The molecule has 0 amide bonds. The minimum absolute atomic E-state index is 0.249. The molecule has 2 saturated heterocycles. The Morgan fingerprint density at radius 1 is 1.07 bits per heavy atom. The van der Waals surface area contributed by atoms with E-state index >= 15 is 0 Å². The molecule has 11 nitrogen and oxygen atoms in total. The third-order valence-corrected chi connectivity index (χ3v) is 8.75. The van der Waals surface area contributed by atoms with Crippen molar-refractivity contribution >= 4 is 32.6 Å². The Morgan fingerprint density at radius 2 is 1.80 bits per heavy atom. The van der Waals surface area contributed by atoms with Gasteiger partial charge in [0, 0.05) is 43.8 Å². The largest absolute Gasteiger partial charge is 0.388 e. The first-order valence-electron chi connectivity index (χ1n) is 13.0. The summed E-state index contributed by atoms with van der Waals surface area (Å²) in [5.41, 5.74) is 3.45. The molecule has 2 aliphatic rings. The number of ether oxygens (including phenoxy) is 2. The number of fused-ring (bicyclic) bond motifs is 1. The Bertz CT molecular complexity index is 1560. The molecule has 2 aromatic carbocycles. The van der Waals surface area contributed by atoms with Crippen LogP contribution in [0.2, 0.25) is 0 Å². The van der Waals surface area contributed by atoms with Crippen molar-refractivity contribution in [1.29, 1.82) is 5.26 Å². The van der Waals surface area contributed by atoms with E-state index in [-0.39, 0.29) is 13.2 Å². The van der Waals surface area contributed by atoms with E-state index in [0.717, 1.165) is 54.0 Å². The van der Waals surface area contributed by atoms with Crippen LogP contribution in [-0.2, 0) is 26.5 Å². The predicted octanol–water partition coefficient (Wildman–Crippen LogP) is 0.947. The average Bonchev–Trinajstić information content (AvgIpc) is 3.33. The predicted molar refractivity (Wildman–Crippen MR) is 150 cm³/mol. The van der Waals surface area contributed by atoms with Crippen LogP contribution in [0.4, 0.5) is 5.69 Å². The smallest absolute Gasteiger partial charge is 0.250 e. The van der Waals surface area contributed by atoms with Crippen LogP contribution in [0, 0.1) is 11.3 Å². The molecule has 2 aliphatic heterocycles. The number of rotatable bonds is 7. The number of aromatic nitrogens is 1.